The third-order valence-electron chi connectivity index (χ3n) is 14.9. The molecule has 0 fully saturated rings. The summed E-state index contributed by atoms with van der Waals surface area (Å²) in [6, 6.07) is 0. The van der Waals surface area contributed by atoms with Crippen LogP contribution in [0.15, 0.2) is 122 Å². The van der Waals surface area contributed by atoms with E-state index in [0.29, 0.717) is 19.3 Å². The third-order valence-corrected chi connectivity index (χ3v) is 14.9. The molecular weight excluding hydrogens is 1020 g/mol. The van der Waals surface area contributed by atoms with E-state index >= 15 is 0 Å². The highest BCUT2D eigenvalue weighted by Gasteiger charge is 2.19. The molecule has 0 bridgehead atoms. The molecule has 0 amide bonds. The molecule has 0 spiro atoms. The fraction of sp³-hybridized carbons (Fsp3) is 0.701. The van der Waals surface area contributed by atoms with E-state index in [9.17, 15) is 14.4 Å². The van der Waals surface area contributed by atoms with Crippen LogP contribution < -0.4 is 0 Å². The van der Waals surface area contributed by atoms with Gasteiger partial charge in [0.15, 0.2) is 6.10 Å². The molecule has 0 saturated heterocycles. The second-order valence-electron chi connectivity index (χ2n) is 23.0. The molecule has 1 atom stereocenters. The second-order valence-corrected chi connectivity index (χ2v) is 23.0. The van der Waals surface area contributed by atoms with Crippen LogP contribution in [0, 0.1) is 0 Å². The zero-order valence-electron chi connectivity index (χ0n) is 54.4. The summed E-state index contributed by atoms with van der Waals surface area (Å²) in [5, 5.41) is 0. The highest BCUT2D eigenvalue weighted by molar-refractivity contribution is 5.71. The molecule has 0 heterocycles. The Morgan fingerprint density at radius 1 is 0.253 bits per heavy atom. The zero-order chi connectivity index (χ0) is 59.9. The molecule has 6 nitrogen and oxygen atoms in total. The largest absolute Gasteiger partial charge is 0.462 e. The van der Waals surface area contributed by atoms with Gasteiger partial charge in [-0.3, -0.25) is 14.4 Å². The highest BCUT2D eigenvalue weighted by atomic mass is 16.6. The highest BCUT2D eigenvalue weighted by Crippen LogP contribution is 2.17. The number of rotatable bonds is 63. The molecule has 0 aliphatic heterocycles. The zero-order valence-corrected chi connectivity index (χ0v) is 54.4. The molecule has 0 saturated carbocycles. The van der Waals surface area contributed by atoms with Crippen LogP contribution in [0.4, 0.5) is 0 Å². The van der Waals surface area contributed by atoms with Crippen LogP contribution in [0.25, 0.3) is 0 Å². The first-order chi connectivity index (χ1) is 41.0. The van der Waals surface area contributed by atoms with Crippen molar-refractivity contribution in [1.82, 2.24) is 0 Å². The van der Waals surface area contributed by atoms with Crippen LogP contribution in [0.3, 0.4) is 0 Å². The first kappa shape index (κ1) is 78.8. The molecule has 0 aromatic heterocycles. The summed E-state index contributed by atoms with van der Waals surface area (Å²) in [6.45, 7) is 6.41. The predicted molar refractivity (Wildman–Crippen MR) is 362 cm³/mol. The van der Waals surface area contributed by atoms with Gasteiger partial charge in [0.2, 0.25) is 0 Å². The molecule has 0 aromatic carbocycles. The Balaban J connectivity index is 4.36. The Labute approximate surface area is 513 Å². The van der Waals surface area contributed by atoms with Crippen molar-refractivity contribution in [3.05, 3.63) is 122 Å². The Kier molecular flexibility index (Phi) is 66.7. The lowest BCUT2D eigenvalue weighted by atomic mass is 10.0. The first-order valence-electron chi connectivity index (χ1n) is 35.0. The molecular formula is C77H130O6. The van der Waals surface area contributed by atoms with E-state index in [-0.39, 0.29) is 31.1 Å². The molecule has 0 rings (SSSR count). The number of ether oxygens (including phenoxy) is 3. The molecule has 0 aromatic rings. The quantitative estimate of drug-likeness (QED) is 0.0261. The number of unbranched alkanes of at least 4 members (excludes halogenated alkanes) is 32. The third kappa shape index (κ3) is 68.5. The maximum atomic E-state index is 13.0. The summed E-state index contributed by atoms with van der Waals surface area (Å²) >= 11 is 0. The van der Waals surface area contributed by atoms with E-state index in [0.717, 1.165) is 128 Å². The van der Waals surface area contributed by atoms with Crippen molar-refractivity contribution in [2.45, 2.75) is 335 Å². The van der Waals surface area contributed by atoms with Gasteiger partial charge in [-0.2, -0.15) is 0 Å². The second kappa shape index (κ2) is 70.3. The van der Waals surface area contributed by atoms with Crippen LogP contribution in [0.2, 0.25) is 0 Å². The van der Waals surface area contributed by atoms with Gasteiger partial charge < -0.3 is 14.2 Å². The van der Waals surface area contributed by atoms with Crippen molar-refractivity contribution < 1.29 is 28.6 Å². The van der Waals surface area contributed by atoms with Gasteiger partial charge in [-0.05, 0) is 128 Å². The van der Waals surface area contributed by atoms with Gasteiger partial charge in [-0.25, -0.2) is 0 Å². The summed E-state index contributed by atoms with van der Waals surface area (Å²) in [5.74, 6) is -0.889. The minimum absolute atomic E-state index is 0.0845. The summed E-state index contributed by atoms with van der Waals surface area (Å²) in [5.41, 5.74) is 0. The summed E-state index contributed by atoms with van der Waals surface area (Å²) < 4.78 is 17.0. The SMILES string of the molecule is CC/C=C\C/C=C\C/C=C\C/C=C\CCCCCCCCCCCCCCCCC(=O)OCC(COC(=O)CCCCCCCCC/C=C\C/C=C\CCCCC)OC(=O)CCCCCCCCCC/C=C\C/C=C\C/C=C\C/C=C\CC. The average molecular weight is 1150 g/mol. The van der Waals surface area contributed by atoms with Crippen molar-refractivity contribution >= 4 is 17.9 Å². The lowest BCUT2D eigenvalue weighted by Gasteiger charge is -2.18. The molecule has 83 heavy (non-hydrogen) atoms. The van der Waals surface area contributed by atoms with E-state index in [1.807, 2.05) is 0 Å². The summed E-state index contributed by atoms with van der Waals surface area (Å²) in [7, 11) is 0. The lowest BCUT2D eigenvalue weighted by molar-refractivity contribution is -0.167. The standard InChI is InChI=1S/C77H130O6/c1-4-7-10-13-16-19-22-25-28-31-33-35-36-37-38-39-40-42-43-46-49-52-55-58-61-64-67-70-76(79)82-73-74(72-81-75(78)69-66-63-60-57-54-51-48-45-30-27-24-21-18-15-12-9-6-3)83-77(80)71-68-65-62-59-56-53-50-47-44-41-34-32-29-26-23-20-17-14-11-8-5-2/h7-8,10-11,16-21,25-30,33-35,41,74H,4-6,9,12-15,22-24,31-32,36-40,42-73H2,1-3H3/b10-7-,11-8-,19-16-,20-17-,21-18-,28-25-,29-26-,30-27-,35-33-,41-34-. The first-order valence-corrected chi connectivity index (χ1v) is 35.0. The Bertz CT molecular complexity index is 1700. The van der Waals surface area contributed by atoms with Crippen LogP contribution in [0.5, 0.6) is 0 Å². The van der Waals surface area contributed by atoms with Crippen LogP contribution in [-0.4, -0.2) is 37.2 Å². The van der Waals surface area contributed by atoms with Crippen molar-refractivity contribution in [2.24, 2.45) is 0 Å². The molecule has 6 heteroatoms. The number of allylic oxidation sites excluding steroid dienone is 20. The fourth-order valence-electron chi connectivity index (χ4n) is 9.75. The normalized spacial score (nSPS) is 12.9. The topological polar surface area (TPSA) is 78.9 Å². The number of carbonyl (C=O) groups excluding carboxylic acids is 3. The van der Waals surface area contributed by atoms with Gasteiger partial charge in [0.1, 0.15) is 13.2 Å². The lowest BCUT2D eigenvalue weighted by Crippen LogP contribution is -2.30. The van der Waals surface area contributed by atoms with Crippen LogP contribution in [-0.2, 0) is 28.6 Å². The van der Waals surface area contributed by atoms with Crippen molar-refractivity contribution in [3.63, 3.8) is 0 Å². The molecule has 1 unspecified atom stereocenters. The maximum Gasteiger partial charge on any atom is 0.306 e. The summed E-state index contributed by atoms with van der Waals surface area (Å²) in [6.07, 6.45) is 97.8. The van der Waals surface area contributed by atoms with Gasteiger partial charge in [0, 0.05) is 19.3 Å². The van der Waals surface area contributed by atoms with Crippen LogP contribution in [0.1, 0.15) is 329 Å². The monoisotopic (exact) mass is 1150 g/mol. The minimum Gasteiger partial charge on any atom is -0.462 e. The minimum atomic E-state index is -0.791. The summed E-state index contributed by atoms with van der Waals surface area (Å²) in [4.78, 5) is 38.5. The fourth-order valence-corrected chi connectivity index (χ4v) is 9.75. The predicted octanol–water partition coefficient (Wildman–Crippen LogP) is 24.3. The van der Waals surface area contributed by atoms with E-state index in [2.05, 4.69) is 142 Å². The van der Waals surface area contributed by atoms with Crippen molar-refractivity contribution in [1.29, 1.82) is 0 Å². The molecule has 0 radical (unpaired) electrons. The van der Waals surface area contributed by atoms with Gasteiger partial charge >= 0.3 is 17.9 Å². The van der Waals surface area contributed by atoms with Gasteiger partial charge in [-0.15, -0.1) is 0 Å². The molecule has 0 aliphatic rings. The van der Waals surface area contributed by atoms with Crippen LogP contribution >= 0.6 is 0 Å². The van der Waals surface area contributed by atoms with E-state index in [1.54, 1.807) is 0 Å². The maximum absolute atomic E-state index is 13.0. The van der Waals surface area contributed by atoms with E-state index in [1.165, 1.54) is 161 Å². The van der Waals surface area contributed by atoms with E-state index < -0.39 is 6.10 Å². The van der Waals surface area contributed by atoms with Crippen molar-refractivity contribution in [3.8, 4) is 0 Å². The van der Waals surface area contributed by atoms with E-state index in [4.69, 9.17) is 14.2 Å². The number of esters is 3. The Morgan fingerprint density at radius 3 is 0.735 bits per heavy atom. The average Bonchev–Trinajstić information content (AvgIpc) is 3.49. The number of hydrogen-bond acceptors (Lipinski definition) is 6. The van der Waals surface area contributed by atoms with Gasteiger partial charge in [-0.1, -0.05) is 303 Å². The van der Waals surface area contributed by atoms with Crippen molar-refractivity contribution in [2.75, 3.05) is 13.2 Å². The van der Waals surface area contributed by atoms with Gasteiger partial charge in [0.25, 0.3) is 0 Å². The number of carbonyl (C=O) groups is 3. The molecule has 0 N–H and O–H groups in total. The Morgan fingerprint density at radius 2 is 0.470 bits per heavy atom. The smallest absolute Gasteiger partial charge is 0.306 e. The molecule has 0 aliphatic carbocycles. The Hall–Kier alpha value is -4.19. The van der Waals surface area contributed by atoms with Gasteiger partial charge in [0.05, 0.1) is 0 Å². The molecule has 474 valence electrons. The number of hydrogen-bond donors (Lipinski definition) is 0.